The molecule has 0 atom stereocenters. The van der Waals surface area contributed by atoms with Gasteiger partial charge >= 0.3 is 0 Å². The molecule has 0 heterocycles. The zero-order valence-electron chi connectivity index (χ0n) is 21.9. The Morgan fingerprint density at radius 1 is 0.781 bits per heavy atom. The van der Waals surface area contributed by atoms with E-state index in [0.29, 0.717) is 0 Å². The topological polar surface area (TPSA) is 29.1 Å². The Morgan fingerprint density at radius 2 is 1.28 bits per heavy atom. The van der Waals surface area contributed by atoms with Gasteiger partial charge in [-0.1, -0.05) is 116 Å². The van der Waals surface area contributed by atoms with E-state index in [1.807, 2.05) is 0 Å². The van der Waals surface area contributed by atoms with Gasteiger partial charge in [0.15, 0.2) is 0 Å². The maximum atomic E-state index is 13.0. The summed E-state index contributed by atoms with van der Waals surface area (Å²) in [5.74, 6) is 0.158. The fourth-order valence-corrected chi connectivity index (χ4v) is 4.26. The van der Waals surface area contributed by atoms with Gasteiger partial charge in [0.25, 0.3) is 0 Å². The van der Waals surface area contributed by atoms with E-state index in [9.17, 15) is 4.79 Å². The predicted octanol–water partition coefficient (Wildman–Crippen LogP) is 9.42. The Balaban J connectivity index is 2.22. The van der Waals surface area contributed by atoms with E-state index in [-0.39, 0.29) is 11.3 Å². The van der Waals surface area contributed by atoms with E-state index in [0.717, 1.165) is 31.4 Å². The number of rotatable bonds is 18. The lowest BCUT2D eigenvalue weighted by atomic mass is 9.85. The van der Waals surface area contributed by atoms with Gasteiger partial charge in [0.05, 0.1) is 0 Å². The Bertz CT molecular complexity index is 637. The molecule has 0 spiro atoms. The second-order valence-electron chi connectivity index (χ2n) is 9.98. The van der Waals surface area contributed by atoms with Crippen molar-refractivity contribution in [3.05, 3.63) is 41.5 Å². The molecule has 0 aliphatic heterocycles. The molecule has 0 saturated carbocycles. The molecule has 0 aliphatic carbocycles. The molecule has 1 aromatic carbocycles. The van der Waals surface area contributed by atoms with Gasteiger partial charge in [0.2, 0.25) is 5.91 Å². The molecule has 0 aliphatic rings. The quantitative estimate of drug-likeness (QED) is 0.178. The summed E-state index contributed by atoms with van der Waals surface area (Å²) in [6.45, 7) is 10.8. The van der Waals surface area contributed by atoms with E-state index in [2.05, 4.69) is 70.3 Å². The average molecular weight is 442 g/mol. The van der Waals surface area contributed by atoms with Crippen molar-refractivity contribution in [2.45, 2.75) is 131 Å². The third-order valence-corrected chi connectivity index (χ3v) is 6.67. The van der Waals surface area contributed by atoms with Crippen molar-refractivity contribution in [2.24, 2.45) is 5.41 Å². The number of allylic oxidation sites excluding steroid dienone is 2. The van der Waals surface area contributed by atoms with Gasteiger partial charge in [0, 0.05) is 11.1 Å². The van der Waals surface area contributed by atoms with Crippen LogP contribution in [-0.2, 0) is 17.6 Å². The lowest BCUT2D eigenvalue weighted by Crippen LogP contribution is -2.31. The van der Waals surface area contributed by atoms with Crippen molar-refractivity contribution in [3.63, 3.8) is 0 Å². The summed E-state index contributed by atoms with van der Waals surface area (Å²) < 4.78 is 0. The summed E-state index contributed by atoms with van der Waals surface area (Å²) in [4.78, 5) is 13.0. The molecule has 0 unspecified atom stereocenters. The summed E-state index contributed by atoms with van der Waals surface area (Å²) in [5, 5.41) is 3.27. The van der Waals surface area contributed by atoms with E-state index in [4.69, 9.17) is 0 Å². The molecular weight excluding hydrogens is 390 g/mol. The molecule has 0 bridgehead atoms. The van der Waals surface area contributed by atoms with Crippen molar-refractivity contribution in [2.75, 3.05) is 5.32 Å². The second-order valence-corrected chi connectivity index (χ2v) is 9.98. The number of benzene rings is 1. The fraction of sp³-hybridized carbons (Fsp3) is 0.700. The van der Waals surface area contributed by atoms with Crippen LogP contribution in [0.3, 0.4) is 0 Å². The minimum absolute atomic E-state index is 0.158. The SMILES string of the molecule is CCCCCCCC/C=C\CCCCCCC(C)(C)C(=O)Nc1c(CC)cccc1CC. The first-order valence-corrected chi connectivity index (χ1v) is 13.5. The first-order chi connectivity index (χ1) is 15.5. The van der Waals surface area contributed by atoms with Crippen LogP contribution in [0.5, 0.6) is 0 Å². The lowest BCUT2D eigenvalue weighted by molar-refractivity contribution is -0.124. The van der Waals surface area contributed by atoms with Crippen LogP contribution in [-0.4, -0.2) is 5.91 Å². The number of hydrogen-bond acceptors (Lipinski definition) is 1. The fourth-order valence-electron chi connectivity index (χ4n) is 4.26. The molecular formula is C30H51NO. The van der Waals surface area contributed by atoms with Crippen LogP contribution in [0, 0.1) is 5.41 Å². The smallest absolute Gasteiger partial charge is 0.230 e. The van der Waals surface area contributed by atoms with E-state index < -0.39 is 0 Å². The number of unbranched alkanes of at least 4 members (excludes halogenated alkanes) is 10. The van der Waals surface area contributed by atoms with Gasteiger partial charge in [-0.25, -0.2) is 0 Å². The summed E-state index contributed by atoms with van der Waals surface area (Å²) >= 11 is 0. The van der Waals surface area contributed by atoms with Crippen LogP contribution in [0.1, 0.15) is 129 Å². The molecule has 1 aromatic rings. The maximum absolute atomic E-state index is 13.0. The van der Waals surface area contributed by atoms with Crippen LogP contribution < -0.4 is 5.32 Å². The van der Waals surface area contributed by atoms with Crippen molar-refractivity contribution in [3.8, 4) is 0 Å². The van der Waals surface area contributed by atoms with Gasteiger partial charge in [-0.05, 0) is 56.1 Å². The van der Waals surface area contributed by atoms with Gasteiger partial charge in [-0.2, -0.15) is 0 Å². The van der Waals surface area contributed by atoms with E-state index >= 15 is 0 Å². The monoisotopic (exact) mass is 441 g/mol. The number of nitrogens with one attached hydrogen (secondary N) is 1. The molecule has 2 heteroatoms. The Kier molecular flexibility index (Phi) is 15.1. The summed E-state index contributed by atoms with van der Waals surface area (Å²) in [5.41, 5.74) is 3.18. The van der Waals surface area contributed by atoms with E-state index in [1.54, 1.807) is 0 Å². The molecule has 1 rings (SSSR count). The molecule has 0 saturated heterocycles. The number of aryl methyl sites for hydroxylation is 2. The molecule has 0 radical (unpaired) electrons. The van der Waals surface area contributed by atoms with Crippen molar-refractivity contribution >= 4 is 11.6 Å². The first-order valence-electron chi connectivity index (χ1n) is 13.5. The van der Waals surface area contributed by atoms with Crippen LogP contribution in [0.15, 0.2) is 30.4 Å². The molecule has 1 N–H and O–H groups in total. The number of amides is 1. The molecule has 32 heavy (non-hydrogen) atoms. The number of para-hydroxylation sites is 1. The zero-order valence-corrected chi connectivity index (χ0v) is 21.9. The molecule has 2 nitrogen and oxygen atoms in total. The normalized spacial score (nSPS) is 11.9. The summed E-state index contributed by atoms with van der Waals surface area (Å²) in [7, 11) is 0. The largest absolute Gasteiger partial charge is 0.325 e. The second kappa shape index (κ2) is 17.0. The van der Waals surface area contributed by atoms with Gasteiger partial charge in [-0.15, -0.1) is 0 Å². The standard InChI is InChI=1S/C30H51NO/c1-6-9-10-11-12-13-14-15-16-17-18-19-20-21-25-30(4,5)29(32)31-28-26(7-2)23-22-24-27(28)8-3/h15-16,22-24H,6-14,17-21,25H2,1-5H3,(H,31,32)/b16-15-. The minimum atomic E-state index is -0.330. The van der Waals surface area contributed by atoms with Crippen molar-refractivity contribution in [1.82, 2.24) is 0 Å². The zero-order chi connectivity index (χ0) is 23.7. The van der Waals surface area contributed by atoms with Gasteiger partial charge < -0.3 is 5.32 Å². The summed E-state index contributed by atoms with van der Waals surface area (Å²) in [6, 6.07) is 6.36. The van der Waals surface area contributed by atoms with E-state index in [1.165, 1.54) is 81.8 Å². The van der Waals surface area contributed by atoms with Gasteiger partial charge in [-0.3, -0.25) is 4.79 Å². The number of hydrogen-bond donors (Lipinski definition) is 1. The van der Waals surface area contributed by atoms with Crippen LogP contribution in [0.4, 0.5) is 5.69 Å². The number of anilines is 1. The third-order valence-electron chi connectivity index (χ3n) is 6.67. The lowest BCUT2D eigenvalue weighted by Gasteiger charge is -2.25. The van der Waals surface area contributed by atoms with Crippen molar-refractivity contribution in [1.29, 1.82) is 0 Å². The average Bonchev–Trinajstić information content (AvgIpc) is 2.79. The highest BCUT2D eigenvalue weighted by Gasteiger charge is 2.27. The number of carbonyl (C=O) groups is 1. The first kappa shape index (κ1) is 28.5. The summed E-state index contributed by atoms with van der Waals surface area (Å²) in [6.07, 6.45) is 23.2. The minimum Gasteiger partial charge on any atom is -0.325 e. The predicted molar refractivity (Wildman–Crippen MR) is 142 cm³/mol. The van der Waals surface area contributed by atoms with Crippen LogP contribution in [0.25, 0.3) is 0 Å². The van der Waals surface area contributed by atoms with Crippen LogP contribution in [0.2, 0.25) is 0 Å². The highest BCUT2D eigenvalue weighted by Crippen LogP contribution is 2.29. The molecule has 182 valence electrons. The number of carbonyl (C=O) groups excluding carboxylic acids is 1. The van der Waals surface area contributed by atoms with Gasteiger partial charge in [0.1, 0.15) is 0 Å². The van der Waals surface area contributed by atoms with Crippen molar-refractivity contribution < 1.29 is 4.79 Å². The van der Waals surface area contributed by atoms with Crippen LogP contribution >= 0.6 is 0 Å². The maximum Gasteiger partial charge on any atom is 0.230 e. The Hall–Kier alpha value is -1.57. The highest BCUT2D eigenvalue weighted by molar-refractivity contribution is 5.96. The Morgan fingerprint density at radius 3 is 1.81 bits per heavy atom. The molecule has 0 aromatic heterocycles. The third kappa shape index (κ3) is 11.3. The highest BCUT2D eigenvalue weighted by atomic mass is 16.2. The molecule has 1 amide bonds. The molecule has 0 fully saturated rings. The Labute approximate surface area is 199 Å².